The first-order valence-electron chi connectivity index (χ1n) is 4.79. The first kappa shape index (κ1) is 10.8. The number of aromatic nitrogens is 3. The average Bonchev–Trinajstić information content (AvgIpc) is 2.77. The van der Waals surface area contributed by atoms with Gasteiger partial charge < -0.3 is 0 Å². The second-order valence-corrected chi connectivity index (χ2v) is 3.37. The maximum atomic E-state index is 10.5. The van der Waals surface area contributed by atoms with Crippen molar-refractivity contribution >= 4 is 5.69 Å². The molecule has 0 spiro atoms. The molecule has 0 N–H and O–H groups in total. The van der Waals surface area contributed by atoms with Crippen molar-refractivity contribution in [2.75, 3.05) is 0 Å². The number of terminal acetylenes is 1. The SMILES string of the molecule is C#Cc1cn(Cc2ccc([N+](=O)[O-])cc2)nn1. The lowest BCUT2D eigenvalue weighted by molar-refractivity contribution is -0.384. The van der Waals surface area contributed by atoms with Crippen LogP contribution in [-0.2, 0) is 6.54 Å². The second kappa shape index (κ2) is 4.45. The Morgan fingerprint density at radius 2 is 2.12 bits per heavy atom. The molecular weight excluding hydrogens is 220 g/mol. The summed E-state index contributed by atoms with van der Waals surface area (Å²) in [5, 5.41) is 18.0. The van der Waals surface area contributed by atoms with Crippen LogP contribution in [-0.4, -0.2) is 19.9 Å². The fourth-order valence-corrected chi connectivity index (χ4v) is 1.35. The van der Waals surface area contributed by atoms with Gasteiger partial charge in [0.2, 0.25) is 0 Å². The number of nitro benzene ring substituents is 1. The summed E-state index contributed by atoms with van der Waals surface area (Å²) in [4.78, 5) is 10.0. The summed E-state index contributed by atoms with van der Waals surface area (Å²) >= 11 is 0. The van der Waals surface area contributed by atoms with Gasteiger partial charge in [-0.2, -0.15) is 0 Å². The number of benzene rings is 1. The maximum Gasteiger partial charge on any atom is 0.269 e. The van der Waals surface area contributed by atoms with Gasteiger partial charge in [-0.25, -0.2) is 4.68 Å². The Labute approximate surface area is 97.0 Å². The van der Waals surface area contributed by atoms with Gasteiger partial charge in [-0.3, -0.25) is 10.1 Å². The minimum atomic E-state index is -0.435. The zero-order valence-electron chi connectivity index (χ0n) is 8.78. The zero-order chi connectivity index (χ0) is 12.3. The molecule has 0 fully saturated rings. The van der Waals surface area contributed by atoms with E-state index in [9.17, 15) is 10.1 Å². The average molecular weight is 228 g/mol. The van der Waals surface area contributed by atoms with E-state index in [1.807, 2.05) is 0 Å². The Morgan fingerprint density at radius 3 is 2.65 bits per heavy atom. The Hall–Kier alpha value is -2.68. The van der Waals surface area contributed by atoms with Crippen LogP contribution in [0.15, 0.2) is 30.5 Å². The molecule has 0 atom stereocenters. The van der Waals surface area contributed by atoms with Crippen molar-refractivity contribution in [1.82, 2.24) is 15.0 Å². The third-order valence-electron chi connectivity index (χ3n) is 2.18. The molecule has 0 aliphatic carbocycles. The van der Waals surface area contributed by atoms with Gasteiger partial charge in [0.05, 0.1) is 17.7 Å². The summed E-state index contributed by atoms with van der Waals surface area (Å²) in [6.07, 6.45) is 6.81. The highest BCUT2D eigenvalue weighted by atomic mass is 16.6. The molecule has 6 nitrogen and oxygen atoms in total. The van der Waals surface area contributed by atoms with Crippen LogP contribution in [0.3, 0.4) is 0 Å². The molecule has 0 aliphatic heterocycles. The molecule has 0 saturated heterocycles. The van der Waals surface area contributed by atoms with E-state index < -0.39 is 4.92 Å². The van der Waals surface area contributed by atoms with E-state index in [1.165, 1.54) is 12.1 Å². The predicted octanol–water partition coefficient (Wildman–Crippen LogP) is 1.22. The molecule has 1 aromatic carbocycles. The van der Waals surface area contributed by atoms with Gasteiger partial charge in [-0.05, 0) is 11.5 Å². The lowest BCUT2D eigenvalue weighted by atomic mass is 10.2. The summed E-state index contributed by atoms with van der Waals surface area (Å²) in [6, 6.07) is 6.26. The Bertz CT molecular complexity index is 580. The summed E-state index contributed by atoms with van der Waals surface area (Å²) in [7, 11) is 0. The zero-order valence-corrected chi connectivity index (χ0v) is 8.78. The van der Waals surface area contributed by atoms with Crippen molar-refractivity contribution in [2.24, 2.45) is 0 Å². The van der Waals surface area contributed by atoms with E-state index in [2.05, 4.69) is 16.2 Å². The minimum absolute atomic E-state index is 0.0663. The molecule has 0 amide bonds. The molecule has 6 heteroatoms. The lowest BCUT2D eigenvalue weighted by Gasteiger charge is -1.99. The van der Waals surface area contributed by atoms with E-state index in [4.69, 9.17) is 6.42 Å². The lowest BCUT2D eigenvalue weighted by Crippen LogP contribution is -2.00. The van der Waals surface area contributed by atoms with Gasteiger partial charge in [0.15, 0.2) is 5.69 Å². The molecule has 1 aromatic heterocycles. The number of hydrogen-bond acceptors (Lipinski definition) is 4. The van der Waals surface area contributed by atoms with Crippen molar-refractivity contribution < 1.29 is 4.92 Å². The van der Waals surface area contributed by atoms with Crippen LogP contribution in [0.25, 0.3) is 0 Å². The first-order chi connectivity index (χ1) is 8.19. The van der Waals surface area contributed by atoms with Gasteiger partial charge in [0.1, 0.15) is 0 Å². The van der Waals surface area contributed by atoms with Gasteiger partial charge >= 0.3 is 0 Å². The van der Waals surface area contributed by atoms with Crippen LogP contribution in [0.4, 0.5) is 5.69 Å². The number of nitrogens with zero attached hydrogens (tertiary/aromatic N) is 4. The summed E-state index contributed by atoms with van der Waals surface area (Å²) in [5.41, 5.74) is 1.42. The van der Waals surface area contributed by atoms with Crippen molar-refractivity contribution in [3.05, 3.63) is 51.8 Å². The molecular formula is C11H8N4O2. The van der Waals surface area contributed by atoms with Crippen LogP contribution < -0.4 is 0 Å². The highest BCUT2D eigenvalue weighted by Gasteiger charge is 2.04. The van der Waals surface area contributed by atoms with Gasteiger partial charge in [0.25, 0.3) is 5.69 Å². The Morgan fingerprint density at radius 1 is 1.41 bits per heavy atom. The van der Waals surface area contributed by atoms with Gasteiger partial charge in [-0.1, -0.05) is 17.3 Å². The topological polar surface area (TPSA) is 73.8 Å². The normalized spacial score (nSPS) is 9.82. The van der Waals surface area contributed by atoms with E-state index in [-0.39, 0.29) is 5.69 Å². The number of non-ortho nitro benzene ring substituents is 1. The molecule has 2 rings (SSSR count). The molecule has 0 unspecified atom stereocenters. The smallest absolute Gasteiger partial charge is 0.258 e. The van der Waals surface area contributed by atoms with Crippen LogP contribution in [0.5, 0.6) is 0 Å². The minimum Gasteiger partial charge on any atom is -0.258 e. The standard InChI is InChI=1S/C11H8N4O2/c1-2-10-8-14(13-12-10)7-9-3-5-11(6-4-9)15(16)17/h1,3-6,8H,7H2. The third kappa shape index (κ3) is 2.46. The fourth-order valence-electron chi connectivity index (χ4n) is 1.35. The monoisotopic (exact) mass is 228 g/mol. The highest BCUT2D eigenvalue weighted by molar-refractivity contribution is 5.33. The summed E-state index contributed by atoms with van der Waals surface area (Å²) in [6.45, 7) is 0.479. The Balaban J connectivity index is 2.14. The van der Waals surface area contributed by atoms with Crippen LogP contribution >= 0.6 is 0 Å². The maximum absolute atomic E-state index is 10.5. The van der Waals surface area contributed by atoms with E-state index in [0.29, 0.717) is 12.2 Å². The Kier molecular flexibility index (Phi) is 2.83. The largest absolute Gasteiger partial charge is 0.269 e. The third-order valence-corrected chi connectivity index (χ3v) is 2.18. The van der Waals surface area contributed by atoms with E-state index in [1.54, 1.807) is 23.0 Å². The van der Waals surface area contributed by atoms with Gasteiger partial charge in [-0.15, -0.1) is 11.5 Å². The molecule has 2 aromatic rings. The molecule has 0 bridgehead atoms. The second-order valence-electron chi connectivity index (χ2n) is 3.37. The fraction of sp³-hybridized carbons (Fsp3) is 0.0909. The van der Waals surface area contributed by atoms with Gasteiger partial charge in [0, 0.05) is 12.1 Å². The van der Waals surface area contributed by atoms with Crippen LogP contribution in [0.1, 0.15) is 11.3 Å². The summed E-state index contributed by atoms with van der Waals surface area (Å²) in [5.74, 6) is 2.37. The molecule has 17 heavy (non-hydrogen) atoms. The predicted molar refractivity (Wildman–Crippen MR) is 60.2 cm³/mol. The first-order valence-corrected chi connectivity index (χ1v) is 4.79. The van der Waals surface area contributed by atoms with Crippen molar-refractivity contribution in [2.45, 2.75) is 6.54 Å². The van der Waals surface area contributed by atoms with Crippen LogP contribution in [0.2, 0.25) is 0 Å². The molecule has 1 heterocycles. The van der Waals surface area contributed by atoms with E-state index in [0.717, 1.165) is 5.56 Å². The van der Waals surface area contributed by atoms with E-state index >= 15 is 0 Å². The van der Waals surface area contributed by atoms with Crippen molar-refractivity contribution in [3.8, 4) is 12.3 Å². The van der Waals surface area contributed by atoms with Crippen molar-refractivity contribution in [3.63, 3.8) is 0 Å². The van der Waals surface area contributed by atoms with Crippen LogP contribution in [0, 0.1) is 22.5 Å². The van der Waals surface area contributed by atoms with Crippen molar-refractivity contribution in [1.29, 1.82) is 0 Å². The molecule has 0 saturated carbocycles. The molecule has 0 aliphatic rings. The molecule has 84 valence electrons. The quantitative estimate of drug-likeness (QED) is 0.449. The number of nitro groups is 1. The number of hydrogen-bond donors (Lipinski definition) is 0. The molecule has 0 radical (unpaired) electrons. The number of rotatable bonds is 3. The highest BCUT2D eigenvalue weighted by Crippen LogP contribution is 2.12. The summed E-state index contributed by atoms with van der Waals surface area (Å²) < 4.78 is 1.58.